The van der Waals surface area contributed by atoms with E-state index in [9.17, 15) is 19.2 Å². The van der Waals surface area contributed by atoms with Crippen molar-refractivity contribution >= 4 is 29.4 Å². The minimum atomic E-state index is -0.653. The van der Waals surface area contributed by atoms with Gasteiger partial charge in [0.25, 0.3) is 5.91 Å². The van der Waals surface area contributed by atoms with Crippen LogP contribution in [0.15, 0.2) is 54.6 Å². The van der Waals surface area contributed by atoms with Gasteiger partial charge in [-0.05, 0) is 32.9 Å². The van der Waals surface area contributed by atoms with Gasteiger partial charge >= 0.3 is 12.1 Å². The fourth-order valence-electron chi connectivity index (χ4n) is 2.52. The van der Waals surface area contributed by atoms with E-state index in [1.54, 1.807) is 69.3 Å². The van der Waals surface area contributed by atoms with Crippen molar-refractivity contribution in [2.45, 2.75) is 32.8 Å². The molecule has 0 aromatic heterocycles. The second kappa shape index (κ2) is 10.9. The summed E-state index contributed by atoms with van der Waals surface area (Å²) < 4.78 is 9.97. The lowest BCUT2D eigenvalue weighted by atomic mass is 10.0. The highest BCUT2D eigenvalue weighted by atomic mass is 16.6. The fraction of sp³-hybridized carbons (Fsp3) is 0.304. The highest BCUT2D eigenvalue weighted by Gasteiger charge is 2.17. The fourth-order valence-corrected chi connectivity index (χ4v) is 2.52. The normalized spacial score (nSPS) is 10.7. The van der Waals surface area contributed by atoms with E-state index < -0.39 is 30.2 Å². The molecule has 0 heterocycles. The van der Waals surface area contributed by atoms with Crippen LogP contribution in [-0.2, 0) is 19.1 Å². The first-order chi connectivity index (χ1) is 14.7. The first kappa shape index (κ1) is 23.6. The number of carbonyl (C=O) groups excluding carboxylic acids is 4. The highest BCUT2D eigenvalue weighted by Crippen LogP contribution is 2.19. The third kappa shape index (κ3) is 8.30. The van der Waals surface area contributed by atoms with Gasteiger partial charge in [-0.25, -0.2) is 4.79 Å². The molecule has 0 bridgehead atoms. The minimum absolute atomic E-state index is 0.0176. The van der Waals surface area contributed by atoms with E-state index in [4.69, 9.17) is 9.47 Å². The number of amides is 2. The number of anilines is 1. The maximum Gasteiger partial charge on any atom is 0.407 e. The average molecular weight is 426 g/mol. The summed E-state index contributed by atoms with van der Waals surface area (Å²) in [7, 11) is 0. The molecule has 2 aromatic rings. The summed E-state index contributed by atoms with van der Waals surface area (Å²) in [5, 5.41) is 5.02. The van der Waals surface area contributed by atoms with Crippen LogP contribution in [0.4, 0.5) is 10.5 Å². The molecule has 8 heteroatoms. The van der Waals surface area contributed by atoms with Crippen molar-refractivity contribution in [2.75, 3.05) is 18.5 Å². The molecule has 8 nitrogen and oxygen atoms in total. The van der Waals surface area contributed by atoms with Crippen molar-refractivity contribution in [2.24, 2.45) is 0 Å². The number of ether oxygens (including phenoxy) is 2. The van der Waals surface area contributed by atoms with Crippen LogP contribution in [0, 0.1) is 0 Å². The summed E-state index contributed by atoms with van der Waals surface area (Å²) in [5.74, 6) is -1.47. The van der Waals surface area contributed by atoms with Crippen molar-refractivity contribution in [1.29, 1.82) is 0 Å². The highest BCUT2D eigenvalue weighted by molar-refractivity contribution is 6.13. The van der Waals surface area contributed by atoms with Crippen LogP contribution in [0.1, 0.15) is 43.1 Å². The van der Waals surface area contributed by atoms with Crippen LogP contribution >= 0.6 is 0 Å². The van der Waals surface area contributed by atoms with E-state index >= 15 is 0 Å². The van der Waals surface area contributed by atoms with Crippen LogP contribution < -0.4 is 10.6 Å². The Labute approximate surface area is 180 Å². The number of hydrogen-bond acceptors (Lipinski definition) is 6. The maximum absolute atomic E-state index is 12.7. The molecule has 0 atom stereocenters. The Morgan fingerprint density at radius 3 is 2.23 bits per heavy atom. The Bertz CT molecular complexity index is 935. The lowest BCUT2D eigenvalue weighted by Crippen LogP contribution is -2.34. The molecule has 0 aliphatic carbocycles. The van der Waals surface area contributed by atoms with Crippen LogP contribution in [0.25, 0.3) is 0 Å². The SMILES string of the molecule is CC(C)(C)OC(=O)NCCC(=O)OCC(=O)Nc1ccccc1C(=O)c1ccccc1. The molecule has 0 aliphatic rings. The van der Waals surface area contributed by atoms with Gasteiger partial charge in [0.15, 0.2) is 12.4 Å². The van der Waals surface area contributed by atoms with Crippen molar-refractivity contribution in [1.82, 2.24) is 5.32 Å². The molecule has 164 valence electrons. The minimum Gasteiger partial charge on any atom is -0.456 e. The van der Waals surface area contributed by atoms with E-state index in [0.717, 1.165) is 0 Å². The summed E-state index contributed by atoms with van der Waals surface area (Å²) >= 11 is 0. The molecule has 2 N–H and O–H groups in total. The number of para-hydroxylation sites is 1. The first-order valence-electron chi connectivity index (χ1n) is 9.77. The van der Waals surface area contributed by atoms with Crippen molar-refractivity contribution < 1.29 is 28.7 Å². The first-order valence-corrected chi connectivity index (χ1v) is 9.77. The quantitative estimate of drug-likeness (QED) is 0.495. The van der Waals surface area contributed by atoms with E-state index in [1.807, 2.05) is 6.07 Å². The predicted octanol–water partition coefficient (Wildman–Crippen LogP) is 3.31. The largest absolute Gasteiger partial charge is 0.456 e. The van der Waals surface area contributed by atoms with Gasteiger partial charge in [-0.15, -0.1) is 0 Å². The molecule has 0 unspecified atom stereocenters. The number of benzene rings is 2. The van der Waals surface area contributed by atoms with E-state index in [1.165, 1.54) is 0 Å². The van der Waals surface area contributed by atoms with Crippen LogP contribution in [0.5, 0.6) is 0 Å². The molecule has 0 fully saturated rings. The number of hydrogen-bond donors (Lipinski definition) is 2. The third-order valence-electron chi connectivity index (χ3n) is 3.84. The van der Waals surface area contributed by atoms with Gasteiger partial charge in [0, 0.05) is 17.7 Å². The number of ketones is 1. The van der Waals surface area contributed by atoms with Crippen LogP contribution in [0.3, 0.4) is 0 Å². The molecule has 2 aromatic carbocycles. The Balaban J connectivity index is 1.82. The summed E-state index contributed by atoms with van der Waals surface area (Å²) in [5.41, 5.74) is 0.507. The monoisotopic (exact) mass is 426 g/mol. The lowest BCUT2D eigenvalue weighted by Gasteiger charge is -2.19. The molecule has 31 heavy (non-hydrogen) atoms. The van der Waals surface area contributed by atoms with E-state index in [0.29, 0.717) is 16.8 Å². The van der Waals surface area contributed by atoms with Crippen LogP contribution in [0.2, 0.25) is 0 Å². The summed E-state index contributed by atoms with van der Waals surface area (Å²) in [6, 6.07) is 15.3. The molecule has 2 rings (SSSR count). The van der Waals surface area contributed by atoms with Gasteiger partial charge in [-0.2, -0.15) is 0 Å². The number of alkyl carbamates (subject to hydrolysis) is 1. The molecule has 0 radical (unpaired) electrons. The summed E-state index contributed by atoms with van der Waals surface area (Å²) in [6.45, 7) is 4.68. The van der Waals surface area contributed by atoms with Gasteiger partial charge in [-0.1, -0.05) is 42.5 Å². The standard InChI is InChI=1S/C23H26N2O6/c1-23(2,3)31-22(29)24-14-13-20(27)30-15-19(26)25-18-12-8-7-11-17(18)21(28)16-9-5-4-6-10-16/h4-12H,13-15H2,1-3H3,(H,24,29)(H,25,26). The number of nitrogens with one attached hydrogen (secondary N) is 2. The molecule has 0 saturated carbocycles. The van der Waals surface area contributed by atoms with Crippen molar-refractivity contribution in [3.63, 3.8) is 0 Å². The average Bonchev–Trinajstić information content (AvgIpc) is 2.71. The van der Waals surface area contributed by atoms with Gasteiger partial charge in [0.1, 0.15) is 5.60 Å². The van der Waals surface area contributed by atoms with E-state index in [2.05, 4.69) is 10.6 Å². The second-order valence-electron chi connectivity index (χ2n) is 7.63. The van der Waals surface area contributed by atoms with Crippen molar-refractivity contribution in [3.05, 3.63) is 65.7 Å². The van der Waals surface area contributed by atoms with Gasteiger partial charge in [0.05, 0.1) is 12.1 Å². The van der Waals surface area contributed by atoms with Crippen molar-refractivity contribution in [3.8, 4) is 0 Å². The zero-order valence-electron chi connectivity index (χ0n) is 17.8. The van der Waals surface area contributed by atoms with Gasteiger partial charge in [-0.3, -0.25) is 14.4 Å². The Kier molecular flexibility index (Phi) is 8.31. The summed E-state index contributed by atoms with van der Waals surface area (Å²) in [4.78, 5) is 48.2. The Morgan fingerprint density at radius 1 is 0.903 bits per heavy atom. The second-order valence-corrected chi connectivity index (χ2v) is 7.63. The smallest absolute Gasteiger partial charge is 0.407 e. The Morgan fingerprint density at radius 2 is 1.55 bits per heavy atom. The lowest BCUT2D eigenvalue weighted by molar-refractivity contribution is -0.147. The zero-order valence-corrected chi connectivity index (χ0v) is 17.8. The maximum atomic E-state index is 12.7. The zero-order chi connectivity index (χ0) is 22.9. The third-order valence-corrected chi connectivity index (χ3v) is 3.84. The molecule has 0 aliphatic heterocycles. The topological polar surface area (TPSA) is 111 Å². The Hall–Kier alpha value is -3.68. The molecule has 0 saturated heterocycles. The van der Waals surface area contributed by atoms with Gasteiger partial charge < -0.3 is 20.1 Å². The molecular formula is C23H26N2O6. The molecule has 2 amide bonds. The number of esters is 1. The summed E-state index contributed by atoms with van der Waals surface area (Å²) in [6.07, 6.45) is -0.756. The predicted molar refractivity (Wildman–Crippen MR) is 115 cm³/mol. The molecule has 0 spiro atoms. The van der Waals surface area contributed by atoms with Gasteiger partial charge in [0.2, 0.25) is 0 Å². The van der Waals surface area contributed by atoms with Crippen LogP contribution in [-0.4, -0.2) is 42.5 Å². The molecular weight excluding hydrogens is 400 g/mol. The van der Waals surface area contributed by atoms with E-state index in [-0.39, 0.29) is 18.7 Å². The number of carbonyl (C=O) groups is 4. The number of rotatable bonds is 8.